The zero-order valence-corrected chi connectivity index (χ0v) is 12.7. The van der Waals surface area contributed by atoms with Gasteiger partial charge in [0.1, 0.15) is 17.6 Å². The van der Waals surface area contributed by atoms with Gasteiger partial charge in [0.2, 0.25) is 0 Å². The van der Waals surface area contributed by atoms with Crippen molar-refractivity contribution in [3.05, 3.63) is 23.3 Å². The van der Waals surface area contributed by atoms with E-state index < -0.39 is 0 Å². The molecule has 1 aromatic carbocycles. The fraction of sp³-hybridized carbons (Fsp3) is 0.647. The lowest BCUT2D eigenvalue weighted by molar-refractivity contribution is 0.254. The summed E-state index contributed by atoms with van der Waals surface area (Å²) >= 11 is 0. The van der Waals surface area contributed by atoms with E-state index in [9.17, 15) is 0 Å². The van der Waals surface area contributed by atoms with Crippen LogP contribution in [0, 0.1) is 5.92 Å². The van der Waals surface area contributed by atoms with Gasteiger partial charge in [-0.1, -0.05) is 6.92 Å². The topological polar surface area (TPSA) is 30.5 Å². The Morgan fingerprint density at radius 3 is 2.95 bits per heavy atom. The number of ether oxygens (including phenoxy) is 2. The number of benzene rings is 1. The molecule has 2 aliphatic rings. The third kappa shape index (κ3) is 2.64. The molecule has 3 rings (SSSR count). The minimum atomic E-state index is 0.298. The van der Waals surface area contributed by atoms with Crippen LogP contribution in [0.4, 0.5) is 0 Å². The van der Waals surface area contributed by atoms with Crippen molar-refractivity contribution in [3.8, 4) is 11.5 Å². The Hall–Kier alpha value is -1.22. The van der Waals surface area contributed by atoms with E-state index in [-0.39, 0.29) is 0 Å². The highest BCUT2D eigenvalue weighted by Crippen LogP contribution is 2.52. The Morgan fingerprint density at radius 2 is 2.20 bits per heavy atom. The van der Waals surface area contributed by atoms with Gasteiger partial charge in [-0.3, -0.25) is 0 Å². The van der Waals surface area contributed by atoms with Crippen molar-refractivity contribution in [2.45, 2.75) is 45.6 Å². The van der Waals surface area contributed by atoms with E-state index >= 15 is 0 Å². The molecule has 1 aliphatic carbocycles. The summed E-state index contributed by atoms with van der Waals surface area (Å²) < 4.78 is 11.8. The van der Waals surface area contributed by atoms with E-state index in [0.717, 1.165) is 43.5 Å². The molecule has 0 saturated heterocycles. The van der Waals surface area contributed by atoms with Crippen LogP contribution in [0.25, 0.3) is 0 Å². The van der Waals surface area contributed by atoms with Crippen molar-refractivity contribution in [2.24, 2.45) is 5.92 Å². The van der Waals surface area contributed by atoms with Crippen molar-refractivity contribution in [1.82, 2.24) is 5.32 Å². The van der Waals surface area contributed by atoms with E-state index in [1.165, 1.54) is 17.5 Å². The van der Waals surface area contributed by atoms with Crippen LogP contribution in [0.3, 0.4) is 0 Å². The summed E-state index contributed by atoms with van der Waals surface area (Å²) in [6.45, 7) is 9.23. The van der Waals surface area contributed by atoms with Gasteiger partial charge in [0.15, 0.2) is 0 Å². The lowest BCUT2D eigenvalue weighted by atomic mass is 10.0. The predicted octanol–water partition coefficient (Wildman–Crippen LogP) is 3.12. The maximum Gasteiger partial charge on any atom is 0.123 e. The first kappa shape index (κ1) is 13.7. The molecule has 3 nitrogen and oxygen atoms in total. The molecule has 0 aromatic heterocycles. The number of rotatable bonds is 6. The molecular weight excluding hydrogens is 250 g/mol. The van der Waals surface area contributed by atoms with Gasteiger partial charge in [-0.05, 0) is 57.3 Å². The first-order valence-electron chi connectivity index (χ1n) is 7.89. The molecule has 3 unspecified atom stereocenters. The van der Waals surface area contributed by atoms with Gasteiger partial charge >= 0.3 is 0 Å². The zero-order valence-electron chi connectivity index (χ0n) is 12.7. The molecule has 1 aliphatic heterocycles. The second-order valence-electron chi connectivity index (χ2n) is 5.97. The fourth-order valence-electron chi connectivity index (χ4n) is 3.21. The molecule has 3 atom stereocenters. The highest BCUT2D eigenvalue weighted by molar-refractivity contribution is 5.51. The summed E-state index contributed by atoms with van der Waals surface area (Å²) in [5.74, 6) is 3.55. The zero-order chi connectivity index (χ0) is 14.1. The Bertz CT molecular complexity index is 486. The van der Waals surface area contributed by atoms with Crippen molar-refractivity contribution in [1.29, 1.82) is 0 Å². The number of nitrogens with one attached hydrogen (secondary N) is 1. The van der Waals surface area contributed by atoms with Crippen molar-refractivity contribution in [2.75, 3.05) is 19.7 Å². The molecule has 1 aromatic rings. The summed E-state index contributed by atoms with van der Waals surface area (Å²) in [6, 6.07) is 4.45. The molecule has 0 amide bonds. The normalized spacial score (nSPS) is 27.1. The molecule has 1 fully saturated rings. The molecule has 1 saturated carbocycles. The molecule has 0 bridgehead atoms. The van der Waals surface area contributed by atoms with Crippen LogP contribution >= 0.6 is 0 Å². The monoisotopic (exact) mass is 275 g/mol. The van der Waals surface area contributed by atoms with Crippen LogP contribution in [-0.4, -0.2) is 25.8 Å². The van der Waals surface area contributed by atoms with Gasteiger partial charge in [-0.2, -0.15) is 0 Å². The highest BCUT2D eigenvalue weighted by atomic mass is 16.5. The molecule has 1 N–H and O–H groups in total. The molecule has 1 heterocycles. The molecule has 0 radical (unpaired) electrons. The number of hydrogen-bond donors (Lipinski definition) is 1. The Kier molecular flexibility index (Phi) is 3.88. The minimum absolute atomic E-state index is 0.298. The smallest absolute Gasteiger partial charge is 0.123 e. The quantitative estimate of drug-likeness (QED) is 0.865. The van der Waals surface area contributed by atoms with Crippen LogP contribution in [0.5, 0.6) is 11.5 Å². The molecule has 110 valence electrons. The largest absolute Gasteiger partial charge is 0.494 e. The maximum atomic E-state index is 5.90. The molecule has 0 spiro atoms. The number of hydrogen-bond acceptors (Lipinski definition) is 3. The Balaban J connectivity index is 1.81. The van der Waals surface area contributed by atoms with Crippen molar-refractivity contribution >= 4 is 0 Å². The number of fused-ring (bicyclic) bond motifs is 1. The van der Waals surface area contributed by atoms with Crippen LogP contribution in [-0.2, 0) is 6.42 Å². The van der Waals surface area contributed by atoms with E-state index in [0.29, 0.717) is 12.0 Å². The third-order valence-electron chi connectivity index (χ3n) is 4.31. The van der Waals surface area contributed by atoms with E-state index in [1.807, 2.05) is 0 Å². The van der Waals surface area contributed by atoms with E-state index in [2.05, 4.69) is 38.2 Å². The summed E-state index contributed by atoms with van der Waals surface area (Å²) in [4.78, 5) is 0. The van der Waals surface area contributed by atoms with Gasteiger partial charge in [-0.15, -0.1) is 0 Å². The van der Waals surface area contributed by atoms with Gasteiger partial charge in [0.25, 0.3) is 0 Å². The van der Waals surface area contributed by atoms with Gasteiger partial charge in [-0.25, -0.2) is 0 Å². The predicted molar refractivity (Wildman–Crippen MR) is 80.8 cm³/mol. The SMILES string of the molecule is CCNCC1CC1c1cc2c(cc1OCC)CC(C)O2. The summed E-state index contributed by atoms with van der Waals surface area (Å²) in [6.07, 6.45) is 2.56. The van der Waals surface area contributed by atoms with Crippen LogP contribution in [0.2, 0.25) is 0 Å². The maximum absolute atomic E-state index is 5.90. The molecular formula is C17H25NO2. The van der Waals surface area contributed by atoms with E-state index in [1.54, 1.807) is 0 Å². The highest BCUT2D eigenvalue weighted by Gasteiger charge is 2.40. The van der Waals surface area contributed by atoms with Gasteiger partial charge < -0.3 is 14.8 Å². The van der Waals surface area contributed by atoms with Crippen molar-refractivity contribution in [3.63, 3.8) is 0 Å². The second-order valence-corrected chi connectivity index (χ2v) is 5.97. The Morgan fingerprint density at radius 1 is 1.35 bits per heavy atom. The first-order chi connectivity index (χ1) is 9.72. The van der Waals surface area contributed by atoms with E-state index in [4.69, 9.17) is 9.47 Å². The van der Waals surface area contributed by atoms with Crippen molar-refractivity contribution < 1.29 is 9.47 Å². The lowest BCUT2D eigenvalue weighted by Crippen LogP contribution is -2.16. The molecule has 20 heavy (non-hydrogen) atoms. The van der Waals surface area contributed by atoms with Crippen LogP contribution < -0.4 is 14.8 Å². The first-order valence-corrected chi connectivity index (χ1v) is 7.89. The second kappa shape index (κ2) is 5.65. The summed E-state index contributed by atoms with van der Waals surface area (Å²) in [7, 11) is 0. The molecule has 3 heteroatoms. The van der Waals surface area contributed by atoms with Crippen LogP contribution in [0.1, 0.15) is 44.2 Å². The fourth-order valence-corrected chi connectivity index (χ4v) is 3.21. The minimum Gasteiger partial charge on any atom is -0.494 e. The standard InChI is InChI=1S/C17H25NO2/c1-4-18-10-13-7-14(13)15-9-16-12(6-11(3)20-16)8-17(15)19-5-2/h8-9,11,13-14,18H,4-7,10H2,1-3H3. The third-order valence-corrected chi connectivity index (χ3v) is 4.31. The average molecular weight is 275 g/mol. The van der Waals surface area contributed by atoms with Gasteiger partial charge in [0, 0.05) is 17.5 Å². The summed E-state index contributed by atoms with van der Waals surface area (Å²) in [5.41, 5.74) is 2.65. The van der Waals surface area contributed by atoms with Crippen LogP contribution in [0.15, 0.2) is 12.1 Å². The lowest BCUT2D eigenvalue weighted by Gasteiger charge is -2.12. The summed E-state index contributed by atoms with van der Waals surface area (Å²) in [5, 5.41) is 3.45. The van der Waals surface area contributed by atoms with Gasteiger partial charge in [0.05, 0.1) is 6.61 Å². The average Bonchev–Trinajstić information content (AvgIpc) is 3.10. The Labute approximate surface area is 121 Å².